The van der Waals surface area contributed by atoms with Crippen LogP contribution < -0.4 is 5.32 Å². The monoisotopic (exact) mass is 295 g/mol. The SMILES string of the molecule is COCCNCc1ccc(SC2CCCCC2O)cc1. The van der Waals surface area contributed by atoms with Crippen LogP contribution in [0.2, 0.25) is 0 Å². The first-order valence-electron chi connectivity index (χ1n) is 7.43. The lowest BCUT2D eigenvalue weighted by molar-refractivity contribution is 0.137. The minimum absolute atomic E-state index is 0.135. The van der Waals surface area contributed by atoms with Gasteiger partial charge in [0.2, 0.25) is 0 Å². The molecule has 1 aromatic carbocycles. The van der Waals surface area contributed by atoms with Crippen LogP contribution >= 0.6 is 11.8 Å². The summed E-state index contributed by atoms with van der Waals surface area (Å²) < 4.78 is 5.00. The number of ether oxygens (including phenoxy) is 1. The van der Waals surface area contributed by atoms with E-state index in [-0.39, 0.29) is 6.10 Å². The third-order valence-corrected chi connectivity index (χ3v) is 5.09. The van der Waals surface area contributed by atoms with E-state index >= 15 is 0 Å². The van der Waals surface area contributed by atoms with Crippen LogP contribution in [0.4, 0.5) is 0 Å². The van der Waals surface area contributed by atoms with E-state index < -0.39 is 0 Å². The maximum Gasteiger partial charge on any atom is 0.0662 e. The minimum Gasteiger partial charge on any atom is -0.392 e. The molecule has 2 rings (SSSR count). The second kappa shape index (κ2) is 8.67. The van der Waals surface area contributed by atoms with Crippen LogP contribution in [0.1, 0.15) is 31.2 Å². The van der Waals surface area contributed by atoms with Crippen molar-refractivity contribution in [1.82, 2.24) is 5.32 Å². The maximum atomic E-state index is 10.0. The van der Waals surface area contributed by atoms with E-state index in [9.17, 15) is 5.11 Å². The van der Waals surface area contributed by atoms with Gasteiger partial charge < -0.3 is 15.2 Å². The molecular weight excluding hydrogens is 270 g/mol. The fourth-order valence-electron chi connectivity index (χ4n) is 2.48. The molecule has 1 aromatic rings. The molecule has 0 amide bonds. The molecule has 20 heavy (non-hydrogen) atoms. The molecule has 112 valence electrons. The van der Waals surface area contributed by atoms with E-state index in [1.54, 1.807) is 7.11 Å². The fourth-order valence-corrected chi connectivity index (χ4v) is 3.70. The van der Waals surface area contributed by atoms with Crippen molar-refractivity contribution in [3.8, 4) is 0 Å². The van der Waals surface area contributed by atoms with E-state index in [1.165, 1.54) is 23.3 Å². The first kappa shape index (κ1) is 15.8. The molecule has 2 unspecified atom stereocenters. The lowest BCUT2D eigenvalue weighted by Crippen LogP contribution is -2.26. The molecule has 4 heteroatoms. The van der Waals surface area contributed by atoms with Gasteiger partial charge in [-0.1, -0.05) is 25.0 Å². The average molecular weight is 295 g/mol. The Balaban J connectivity index is 1.78. The number of rotatable bonds is 7. The number of aliphatic hydroxyl groups excluding tert-OH is 1. The highest BCUT2D eigenvalue weighted by Gasteiger charge is 2.23. The number of methoxy groups -OCH3 is 1. The summed E-state index contributed by atoms with van der Waals surface area (Å²) in [5.74, 6) is 0. The second-order valence-corrected chi connectivity index (χ2v) is 6.63. The third kappa shape index (κ3) is 5.09. The molecule has 1 aliphatic rings. The van der Waals surface area contributed by atoms with Gasteiger partial charge >= 0.3 is 0 Å². The Kier molecular flexibility index (Phi) is 6.87. The number of hydrogen-bond donors (Lipinski definition) is 2. The highest BCUT2D eigenvalue weighted by molar-refractivity contribution is 8.00. The molecular formula is C16H25NO2S. The number of hydrogen-bond acceptors (Lipinski definition) is 4. The first-order chi connectivity index (χ1) is 9.79. The molecule has 0 heterocycles. The topological polar surface area (TPSA) is 41.5 Å². The van der Waals surface area contributed by atoms with Gasteiger partial charge in [-0.3, -0.25) is 0 Å². The van der Waals surface area contributed by atoms with Gasteiger partial charge in [-0.05, 0) is 30.5 Å². The van der Waals surface area contributed by atoms with E-state index in [0.717, 1.165) is 32.5 Å². The van der Waals surface area contributed by atoms with Crippen LogP contribution in [0.5, 0.6) is 0 Å². The predicted molar refractivity (Wildman–Crippen MR) is 84.1 cm³/mol. The molecule has 2 atom stereocenters. The van der Waals surface area contributed by atoms with Gasteiger partial charge in [0, 0.05) is 30.3 Å². The highest BCUT2D eigenvalue weighted by Crippen LogP contribution is 2.33. The predicted octanol–water partition coefficient (Wildman–Crippen LogP) is 2.82. The van der Waals surface area contributed by atoms with Gasteiger partial charge in [0.05, 0.1) is 12.7 Å². The third-order valence-electron chi connectivity index (χ3n) is 3.69. The van der Waals surface area contributed by atoms with Gasteiger partial charge in [-0.2, -0.15) is 0 Å². The van der Waals surface area contributed by atoms with E-state index in [4.69, 9.17) is 4.74 Å². The molecule has 1 aliphatic carbocycles. The summed E-state index contributed by atoms with van der Waals surface area (Å²) >= 11 is 1.82. The van der Waals surface area contributed by atoms with Crippen molar-refractivity contribution in [1.29, 1.82) is 0 Å². The lowest BCUT2D eigenvalue weighted by atomic mass is 9.97. The number of benzene rings is 1. The van der Waals surface area contributed by atoms with Crippen molar-refractivity contribution < 1.29 is 9.84 Å². The molecule has 0 bridgehead atoms. The lowest BCUT2D eigenvalue weighted by Gasteiger charge is -2.26. The van der Waals surface area contributed by atoms with Crippen molar-refractivity contribution in [2.75, 3.05) is 20.3 Å². The maximum absolute atomic E-state index is 10.0. The summed E-state index contributed by atoms with van der Waals surface area (Å²) in [6, 6.07) is 8.66. The Hall–Kier alpha value is -0.550. The van der Waals surface area contributed by atoms with Gasteiger partial charge in [-0.25, -0.2) is 0 Å². The molecule has 0 radical (unpaired) electrons. The number of thioether (sulfide) groups is 1. The van der Waals surface area contributed by atoms with Crippen molar-refractivity contribution in [3.63, 3.8) is 0 Å². The fraction of sp³-hybridized carbons (Fsp3) is 0.625. The molecule has 2 N–H and O–H groups in total. The molecule has 1 fully saturated rings. The zero-order valence-corrected chi connectivity index (χ0v) is 13.0. The Labute approximate surface area is 126 Å². The Morgan fingerprint density at radius 3 is 2.70 bits per heavy atom. The van der Waals surface area contributed by atoms with Crippen molar-refractivity contribution in [3.05, 3.63) is 29.8 Å². The second-order valence-electron chi connectivity index (χ2n) is 5.32. The summed E-state index contributed by atoms with van der Waals surface area (Å²) in [6.07, 6.45) is 4.37. The van der Waals surface area contributed by atoms with Crippen LogP contribution in [0.15, 0.2) is 29.2 Å². The first-order valence-corrected chi connectivity index (χ1v) is 8.31. The van der Waals surface area contributed by atoms with E-state index in [2.05, 4.69) is 29.6 Å². The minimum atomic E-state index is -0.135. The van der Waals surface area contributed by atoms with Gasteiger partial charge in [0.15, 0.2) is 0 Å². The van der Waals surface area contributed by atoms with Crippen LogP contribution in [-0.4, -0.2) is 36.7 Å². The zero-order chi connectivity index (χ0) is 14.2. The van der Waals surface area contributed by atoms with Crippen LogP contribution in [0.3, 0.4) is 0 Å². The van der Waals surface area contributed by atoms with Crippen molar-refractivity contribution in [2.45, 2.75) is 48.5 Å². The number of nitrogens with one attached hydrogen (secondary N) is 1. The zero-order valence-electron chi connectivity index (χ0n) is 12.2. The smallest absolute Gasteiger partial charge is 0.0662 e. The summed E-state index contributed by atoms with van der Waals surface area (Å²) in [7, 11) is 1.72. The molecule has 1 saturated carbocycles. The standard InChI is InChI=1S/C16H25NO2S/c1-19-11-10-17-12-13-6-8-14(9-7-13)20-16-5-3-2-4-15(16)18/h6-9,15-18H,2-5,10-12H2,1H3. The molecule has 0 spiro atoms. The normalized spacial score (nSPS) is 22.9. The van der Waals surface area contributed by atoms with Crippen LogP contribution in [0.25, 0.3) is 0 Å². The van der Waals surface area contributed by atoms with E-state index in [0.29, 0.717) is 5.25 Å². The molecule has 0 saturated heterocycles. The average Bonchev–Trinajstić information content (AvgIpc) is 2.48. The van der Waals surface area contributed by atoms with Crippen LogP contribution in [-0.2, 0) is 11.3 Å². The quantitative estimate of drug-likeness (QED) is 0.759. The summed E-state index contributed by atoms with van der Waals surface area (Å²) in [4.78, 5) is 1.26. The van der Waals surface area contributed by atoms with Crippen molar-refractivity contribution in [2.24, 2.45) is 0 Å². The Morgan fingerprint density at radius 1 is 1.25 bits per heavy atom. The number of aliphatic hydroxyl groups is 1. The Morgan fingerprint density at radius 2 is 2.00 bits per heavy atom. The van der Waals surface area contributed by atoms with Gasteiger partial charge in [0.1, 0.15) is 0 Å². The van der Waals surface area contributed by atoms with Crippen molar-refractivity contribution >= 4 is 11.8 Å². The molecule has 3 nitrogen and oxygen atoms in total. The Bertz CT molecular complexity index is 383. The molecule has 0 aromatic heterocycles. The summed E-state index contributed by atoms with van der Waals surface area (Å²) in [5.41, 5.74) is 1.29. The molecule has 0 aliphatic heterocycles. The van der Waals surface area contributed by atoms with Gasteiger partial charge in [-0.15, -0.1) is 11.8 Å². The largest absolute Gasteiger partial charge is 0.392 e. The summed E-state index contributed by atoms with van der Waals surface area (Å²) in [5, 5.41) is 13.7. The van der Waals surface area contributed by atoms with E-state index in [1.807, 2.05) is 11.8 Å². The van der Waals surface area contributed by atoms with Gasteiger partial charge in [0.25, 0.3) is 0 Å². The summed E-state index contributed by atoms with van der Waals surface area (Å²) in [6.45, 7) is 2.50. The highest BCUT2D eigenvalue weighted by atomic mass is 32.2. The van der Waals surface area contributed by atoms with Crippen LogP contribution in [0, 0.1) is 0 Å².